The largest absolute Gasteiger partial charge is 0.463 e. The Hall–Kier alpha value is -3.42. The molecule has 4 rings (SSSR count). The molecule has 0 fully saturated rings. The number of carbonyl (C=O) groups excluding carboxylic acids is 1. The van der Waals surface area contributed by atoms with Gasteiger partial charge < -0.3 is 9.73 Å². The second-order valence-corrected chi connectivity index (χ2v) is 6.35. The van der Waals surface area contributed by atoms with Crippen LogP contribution in [0.5, 0.6) is 0 Å². The SMILES string of the molecule is Cc1nn([C@@H](C)C(=O)NCc2ccc(F)cc2)c(=O)c2cc3occc3n12. The Balaban J connectivity index is 1.62. The number of amides is 1. The second kappa shape index (κ2) is 6.39. The van der Waals surface area contributed by atoms with E-state index < -0.39 is 6.04 Å². The number of furan rings is 1. The molecule has 0 aliphatic heterocycles. The molecule has 1 atom stereocenters. The minimum absolute atomic E-state index is 0.234. The summed E-state index contributed by atoms with van der Waals surface area (Å²) >= 11 is 0. The number of halogens is 1. The van der Waals surface area contributed by atoms with Crippen molar-refractivity contribution in [1.29, 1.82) is 0 Å². The predicted molar refractivity (Wildman–Crippen MR) is 96.9 cm³/mol. The van der Waals surface area contributed by atoms with Crippen LogP contribution in [-0.4, -0.2) is 20.1 Å². The number of aryl methyl sites for hydroxylation is 1. The van der Waals surface area contributed by atoms with E-state index in [9.17, 15) is 14.0 Å². The van der Waals surface area contributed by atoms with Gasteiger partial charge in [-0.25, -0.2) is 9.07 Å². The highest BCUT2D eigenvalue weighted by Crippen LogP contribution is 2.20. The summed E-state index contributed by atoms with van der Waals surface area (Å²) in [6.07, 6.45) is 1.55. The van der Waals surface area contributed by atoms with Crippen LogP contribution in [0.15, 0.2) is 51.9 Å². The summed E-state index contributed by atoms with van der Waals surface area (Å²) in [4.78, 5) is 25.3. The Morgan fingerprint density at radius 3 is 2.74 bits per heavy atom. The first-order valence-corrected chi connectivity index (χ1v) is 8.46. The molecular formula is C19H17FN4O3. The van der Waals surface area contributed by atoms with Gasteiger partial charge in [0, 0.05) is 18.7 Å². The maximum absolute atomic E-state index is 13.0. The fraction of sp³-hybridized carbons (Fsp3) is 0.211. The molecule has 0 bridgehead atoms. The van der Waals surface area contributed by atoms with Gasteiger partial charge in [-0.05, 0) is 31.5 Å². The van der Waals surface area contributed by atoms with Gasteiger partial charge >= 0.3 is 0 Å². The minimum atomic E-state index is -0.803. The summed E-state index contributed by atoms with van der Waals surface area (Å²) in [6, 6.07) is 8.45. The highest BCUT2D eigenvalue weighted by molar-refractivity contribution is 5.83. The fourth-order valence-electron chi connectivity index (χ4n) is 3.11. The summed E-state index contributed by atoms with van der Waals surface area (Å²) in [6.45, 7) is 3.60. The first-order valence-electron chi connectivity index (χ1n) is 8.46. The zero-order chi connectivity index (χ0) is 19.1. The van der Waals surface area contributed by atoms with Crippen LogP contribution in [0.4, 0.5) is 4.39 Å². The van der Waals surface area contributed by atoms with Gasteiger partial charge in [-0.1, -0.05) is 12.1 Å². The van der Waals surface area contributed by atoms with Gasteiger partial charge in [-0.15, -0.1) is 0 Å². The molecule has 3 heterocycles. The summed E-state index contributed by atoms with van der Waals surface area (Å²) in [5, 5.41) is 7.05. The minimum Gasteiger partial charge on any atom is -0.463 e. The molecule has 0 saturated carbocycles. The lowest BCUT2D eigenvalue weighted by Crippen LogP contribution is -2.38. The van der Waals surface area contributed by atoms with Crippen molar-refractivity contribution in [3.8, 4) is 0 Å². The molecule has 8 heteroatoms. The Labute approximate surface area is 153 Å². The second-order valence-electron chi connectivity index (χ2n) is 6.35. The number of nitrogens with zero attached hydrogens (tertiary/aromatic N) is 3. The Morgan fingerprint density at radius 2 is 2.00 bits per heavy atom. The molecule has 0 unspecified atom stereocenters. The molecule has 1 amide bonds. The van der Waals surface area contributed by atoms with E-state index in [2.05, 4.69) is 10.4 Å². The number of fused-ring (bicyclic) bond motifs is 3. The van der Waals surface area contributed by atoms with Gasteiger partial charge in [0.1, 0.15) is 23.2 Å². The third-order valence-corrected chi connectivity index (χ3v) is 4.55. The van der Waals surface area contributed by atoms with Gasteiger partial charge in [0.15, 0.2) is 5.58 Å². The van der Waals surface area contributed by atoms with E-state index in [-0.39, 0.29) is 23.8 Å². The molecule has 0 aliphatic carbocycles. The quantitative estimate of drug-likeness (QED) is 0.600. The third-order valence-electron chi connectivity index (χ3n) is 4.55. The van der Waals surface area contributed by atoms with Crippen molar-refractivity contribution in [2.75, 3.05) is 0 Å². The van der Waals surface area contributed by atoms with Gasteiger partial charge in [0.25, 0.3) is 5.56 Å². The van der Waals surface area contributed by atoms with Gasteiger partial charge in [-0.3, -0.25) is 14.0 Å². The summed E-state index contributed by atoms with van der Waals surface area (Å²) in [5.41, 5.74) is 2.12. The van der Waals surface area contributed by atoms with E-state index in [0.29, 0.717) is 16.9 Å². The molecule has 1 N–H and O–H groups in total. The van der Waals surface area contributed by atoms with Crippen molar-refractivity contribution in [2.24, 2.45) is 0 Å². The average Bonchev–Trinajstić information content (AvgIpc) is 3.24. The predicted octanol–water partition coefficient (Wildman–Crippen LogP) is 2.57. The Morgan fingerprint density at radius 1 is 1.26 bits per heavy atom. The molecule has 1 aromatic carbocycles. The Kier molecular flexibility index (Phi) is 4.02. The number of carbonyl (C=O) groups is 1. The standard InChI is InChI=1S/C19H17FN4O3/c1-11(18(25)21-10-13-3-5-14(20)6-4-13)24-19(26)16-9-17-15(7-8-27-17)23(16)12(2)22-24/h3-9,11H,10H2,1-2H3,(H,21,25)/t11-/m0/s1. The van der Waals surface area contributed by atoms with E-state index in [1.54, 1.807) is 48.8 Å². The topological polar surface area (TPSA) is 81.5 Å². The van der Waals surface area contributed by atoms with Crippen LogP contribution in [0.1, 0.15) is 24.4 Å². The third kappa shape index (κ3) is 2.88. The van der Waals surface area contributed by atoms with Crippen molar-refractivity contribution in [3.05, 3.63) is 70.2 Å². The number of rotatable bonds is 4. The van der Waals surface area contributed by atoms with Gasteiger partial charge in [0.2, 0.25) is 5.91 Å². The maximum atomic E-state index is 13.0. The molecule has 27 heavy (non-hydrogen) atoms. The number of hydrogen-bond acceptors (Lipinski definition) is 4. The highest BCUT2D eigenvalue weighted by atomic mass is 19.1. The molecule has 0 aliphatic rings. The van der Waals surface area contributed by atoms with Crippen molar-refractivity contribution in [2.45, 2.75) is 26.4 Å². The van der Waals surface area contributed by atoms with E-state index >= 15 is 0 Å². The van der Waals surface area contributed by atoms with Crippen molar-refractivity contribution >= 4 is 22.5 Å². The lowest BCUT2D eigenvalue weighted by atomic mass is 10.2. The van der Waals surface area contributed by atoms with Gasteiger partial charge in [0.05, 0.1) is 11.8 Å². The first-order chi connectivity index (χ1) is 13.0. The number of benzene rings is 1. The van der Waals surface area contributed by atoms with Crippen molar-refractivity contribution < 1.29 is 13.6 Å². The molecule has 4 aromatic rings. The molecule has 3 aromatic heterocycles. The lowest BCUT2D eigenvalue weighted by molar-refractivity contribution is -0.124. The first kappa shape index (κ1) is 17.0. The smallest absolute Gasteiger partial charge is 0.291 e. The maximum Gasteiger partial charge on any atom is 0.291 e. The van der Waals surface area contributed by atoms with Crippen LogP contribution in [0, 0.1) is 12.7 Å². The molecule has 0 spiro atoms. The van der Waals surface area contributed by atoms with E-state index in [1.807, 2.05) is 0 Å². The Bertz CT molecular complexity index is 1200. The fourth-order valence-corrected chi connectivity index (χ4v) is 3.11. The van der Waals surface area contributed by atoms with Crippen LogP contribution < -0.4 is 10.9 Å². The van der Waals surface area contributed by atoms with E-state index in [0.717, 1.165) is 11.1 Å². The lowest BCUT2D eigenvalue weighted by Gasteiger charge is -2.15. The summed E-state index contributed by atoms with van der Waals surface area (Å²) < 4.78 is 21.2. The molecule has 0 saturated heterocycles. The van der Waals surface area contributed by atoms with Crippen LogP contribution in [0.25, 0.3) is 16.6 Å². The van der Waals surface area contributed by atoms with Crippen molar-refractivity contribution in [3.63, 3.8) is 0 Å². The number of aromatic nitrogens is 3. The monoisotopic (exact) mass is 368 g/mol. The molecule has 0 radical (unpaired) electrons. The van der Waals surface area contributed by atoms with Crippen LogP contribution in [-0.2, 0) is 11.3 Å². The van der Waals surface area contributed by atoms with E-state index in [1.165, 1.54) is 16.8 Å². The zero-order valence-electron chi connectivity index (χ0n) is 14.8. The van der Waals surface area contributed by atoms with Crippen molar-refractivity contribution in [1.82, 2.24) is 19.5 Å². The number of nitrogens with one attached hydrogen (secondary N) is 1. The normalized spacial score (nSPS) is 12.6. The van der Waals surface area contributed by atoms with E-state index in [4.69, 9.17) is 4.42 Å². The van der Waals surface area contributed by atoms with Crippen LogP contribution >= 0.6 is 0 Å². The van der Waals surface area contributed by atoms with Gasteiger partial charge in [-0.2, -0.15) is 5.10 Å². The van der Waals surface area contributed by atoms with Crippen LogP contribution in [0.2, 0.25) is 0 Å². The zero-order valence-corrected chi connectivity index (χ0v) is 14.8. The van der Waals surface area contributed by atoms with Crippen LogP contribution in [0.3, 0.4) is 0 Å². The average molecular weight is 368 g/mol. The summed E-state index contributed by atoms with van der Waals surface area (Å²) in [5.74, 6) is -0.122. The highest BCUT2D eigenvalue weighted by Gasteiger charge is 2.21. The summed E-state index contributed by atoms with van der Waals surface area (Å²) in [7, 11) is 0. The molecule has 7 nitrogen and oxygen atoms in total. The molecular weight excluding hydrogens is 351 g/mol. The molecule has 138 valence electrons. The number of hydrogen-bond donors (Lipinski definition) is 1.